The molecular formula is C15H23NO4. The molecule has 1 aromatic carbocycles. The normalized spacial score (nSPS) is 10.5. The molecule has 0 radical (unpaired) electrons. The van der Waals surface area contributed by atoms with E-state index in [2.05, 4.69) is 36.5 Å². The number of carbonyl (C=O) groups excluding carboxylic acids is 1. The van der Waals surface area contributed by atoms with Gasteiger partial charge in [0.05, 0.1) is 33.0 Å². The van der Waals surface area contributed by atoms with Gasteiger partial charge in [0.15, 0.2) is 0 Å². The van der Waals surface area contributed by atoms with Crippen molar-refractivity contribution in [1.29, 1.82) is 0 Å². The molecule has 0 saturated heterocycles. The summed E-state index contributed by atoms with van der Waals surface area (Å²) in [5, 5.41) is 2.54. The highest BCUT2D eigenvalue weighted by Crippen LogP contribution is 2.04. The lowest BCUT2D eigenvalue weighted by atomic mass is 10.2. The maximum Gasteiger partial charge on any atom is 0.218 e. The minimum atomic E-state index is -0.101. The van der Waals surface area contributed by atoms with Gasteiger partial charge in [-0.3, -0.25) is 4.79 Å². The van der Waals surface area contributed by atoms with Crippen molar-refractivity contribution in [3.8, 4) is 0 Å². The largest absolute Gasteiger partial charge is 0.377 e. The van der Waals surface area contributed by atoms with Crippen LogP contribution in [0, 0.1) is 6.92 Å². The number of carbonyl (C=O) groups is 1. The second-order valence-corrected chi connectivity index (χ2v) is 4.44. The van der Waals surface area contributed by atoms with Gasteiger partial charge in [0.25, 0.3) is 0 Å². The summed E-state index contributed by atoms with van der Waals surface area (Å²) in [4.78, 5) is 10.5. The minimum Gasteiger partial charge on any atom is -0.377 e. The van der Waals surface area contributed by atoms with Gasteiger partial charge in [-0.05, 0) is 12.5 Å². The van der Waals surface area contributed by atoms with Gasteiger partial charge in [0, 0.05) is 6.92 Å². The third-order valence-electron chi connectivity index (χ3n) is 2.56. The summed E-state index contributed by atoms with van der Waals surface area (Å²) >= 11 is 0. The number of rotatable bonds is 10. The van der Waals surface area contributed by atoms with Crippen LogP contribution < -0.4 is 5.32 Å². The van der Waals surface area contributed by atoms with Crippen molar-refractivity contribution in [3.63, 3.8) is 0 Å². The van der Waals surface area contributed by atoms with E-state index < -0.39 is 0 Å². The molecule has 0 heterocycles. The van der Waals surface area contributed by atoms with Gasteiger partial charge in [-0.15, -0.1) is 0 Å². The second-order valence-electron chi connectivity index (χ2n) is 4.44. The average Bonchev–Trinajstić information content (AvgIpc) is 2.42. The molecule has 0 spiro atoms. The molecular weight excluding hydrogens is 258 g/mol. The minimum absolute atomic E-state index is 0.101. The van der Waals surface area contributed by atoms with Crippen molar-refractivity contribution in [1.82, 2.24) is 5.32 Å². The first-order valence-electron chi connectivity index (χ1n) is 6.71. The lowest BCUT2D eigenvalue weighted by molar-refractivity contribution is -0.120. The maximum atomic E-state index is 10.5. The van der Waals surface area contributed by atoms with Crippen LogP contribution >= 0.6 is 0 Å². The third kappa shape index (κ3) is 8.63. The summed E-state index contributed by atoms with van der Waals surface area (Å²) in [6.45, 7) is 6.38. The lowest BCUT2D eigenvalue weighted by Gasteiger charge is -2.07. The number of aryl methyl sites for hydroxylation is 1. The fraction of sp³-hybridized carbons (Fsp3) is 0.533. The van der Waals surface area contributed by atoms with Crippen molar-refractivity contribution in [3.05, 3.63) is 35.4 Å². The predicted molar refractivity (Wildman–Crippen MR) is 76.3 cm³/mol. The van der Waals surface area contributed by atoms with E-state index in [0.717, 1.165) is 5.56 Å². The predicted octanol–water partition coefficient (Wildman–Crippen LogP) is 1.64. The van der Waals surface area contributed by atoms with E-state index in [1.165, 1.54) is 12.5 Å². The van der Waals surface area contributed by atoms with Crippen LogP contribution in [0.4, 0.5) is 0 Å². The van der Waals surface area contributed by atoms with E-state index in [-0.39, 0.29) is 12.6 Å². The Morgan fingerprint density at radius 3 is 2.25 bits per heavy atom. The molecule has 1 aromatic rings. The molecule has 1 rings (SSSR count). The molecule has 112 valence electrons. The summed E-state index contributed by atoms with van der Waals surface area (Å²) in [6, 6.07) is 8.27. The molecule has 0 aliphatic carbocycles. The topological polar surface area (TPSA) is 56.8 Å². The van der Waals surface area contributed by atoms with E-state index >= 15 is 0 Å². The van der Waals surface area contributed by atoms with Crippen LogP contribution in [0.3, 0.4) is 0 Å². The molecule has 0 aliphatic rings. The van der Waals surface area contributed by atoms with E-state index in [9.17, 15) is 4.79 Å². The number of nitrogens with one attached hydrogen (secondary N) is 1. The SMILES string of the molecule is CC(=O)NCOCCOCCOCc1ccc(C)cc1. The number of hydrogen-bond acceptors (Lipinski definition) is 4. The molecule has 0 aromatic heterocycles. The first-order valence-corrected chi connectivity index (χ1v) is 6.71. The Bertz CT molecular complexity index is 378. The Hall–Kier alpha value is -1.43. The van der Waals surface area contributed by atoms with Crippen molar-refractivity contribution in [2.75, 3.05) is 33.2 Å². The van der Waals surface area contributed by atoms with Gasteiger partial charge < -0.3 is 19.5 Å². The lowest BCUT2D eigenvalue weighted by Crippen LogP contribution is -2.24. The van der Waals surface area contributed by atoms with Gasteiger partial charge in [0.2, 0.25) is 5.91 Å². The highest BCUT2D eigenvalue weighted by atomic mass is 16.5. The Morgan fingerprint density at radius 1 is 1.00 bits per heavy atom. The van der Waals surface area contributed by atoms with Gasteiger partial charge in [-0.25, -0.2) is 0 Å². The van der Waals surface area contributed by atoms with Gasteiger partial charge in [0.1, 0.15) is 6.73 Å². The third-order valence-corrected chi connectivity index (χ3v) is 2.56. The van der Waals surface area contributed by atoms with E-state index in [4.69, 9.17) is 14.2 Å². The van der Waals surface area contributed by atoms with E-state index in [1.54, 1.807) is 0 Å². The fourth-order valence-corrected chi connectivity index (χ4v) is 1.44. The van der Waals surface area contributed by atoms with Crippen molar-refractivity contribution in [2.45, 2.75) is 20.5 Å². The zero-order valence-corrected chi connectivity index (χ0v) is 12.2. The highest BCUT2D eigenvalue weighted by Gasteiger charge is 1.94. The summed E-state index contributed by atoms with van der Waals surface area (Å²) in [7, 11) is 0. The molecule has 5 nitrogen and oxygen atoms in total. The molecule has 0 unspecified atom stereocenters. The quantitative estimate of drug-likeness (QED) is 0.523. The smallest absolute Gasteiger partial charge is 0.218 e. The summed E-state index contributed by atoms with van der Waals surface area (Å²) in [5.41, 5.74) is 2.41. The van der Waals surface area contributed by atoms with Crippen LogP contribution in [-0.4, -0.2) is 39.1 Å². The monoisotopic (exact) mass is 281 g/mol. The first-order chi connectivity index (χ1) is 9.68. The fourth-order valence-electron chi connectivity index (χ4n) is 1.44. The molecule has 0 fully saturated rings. The van der Waals surface area contributed by atoms with E-state index in [1.807, 2.05) is 0 Å². The summed E-state index contributed by atoms with van der Waals surface area (Å²) in [5.74, 6) is -0.101. The van der Waals surface area contributed by atoms with Crippen LogP contribution in [0.5, 0.6) is 0 Å². The van der Waals surface area contributed by atoms with Crippen LogP contribution in [0.15, 0.2) is 24.3 Å². The number of hydrogen-bond donors (Lipinski definition) is 1. The molecule has 0 atom stereocenters. The molecule has 1 N–H and O–H groups in total. The van der Waals surface area contributed by atoms with Crippen LogP contribution in [0.25, 0.3) is 0 Å². The molecule has 1 amide bonds. The molecule has 5 heteroatoms. The first kappa shape index (κ1) is 16.6. The van der Waals surface area contributed by atoms with Crippen molar-refractivity contribution < 1.29 is 19.0 Å². The van der Waals surface area contributed by atoms with Crippen LogP contribution in [0.2, 0.25) is 0 Å². The zero-order chi connectivity index (χ0) is 14.6. The van der Waals surface area contributed by atoms with Gasteiger partial charge in [-0.1, -0.05) is 29.8 Å². The van der Waals surface area contributed by atoms with Crippen molar-refractivity contribution in [2.24, 2.45) is 0 Å². The second kappa shape index (κ2) is 10.4. The number of amides is 1. The Morgan fingerprint density at radius 2 is 1.60 bits per heavy atom. The van der Waals surface area contributed by atoms with Gasteiger partial charge >= 0.3 is 0 Å². The average molecular weight is 281 g/mol. The van der Waals surface area contributed by atoms with Crippen molar-refractivity contribution >= 4 is 5.91 Å². The summed E-state index contributed by atoms with van der Waals surface area (Å²) < 4.78 is 16.0. The molecule has 0 aliphatic heterocycles. The summed E-state index contributed by atoms with van der Waals surface area (Å²) in [6.07, 6.45) is 0. The van der Waals surface area contributed by atoms with E-state index in [0.29, 0.717) is 33.0 Å². The number of ether oxygens (including phenoxy) is 3. The Labute approximate surface area is 120 Å². The molecule has 0 bridgehead atoms. The van der Waals surface area contributed by atoms with Crippen LogP contribution in [-0.2, 0) is 25.6 Å². The highest BCUT2D eigenvalue weighted by molar-refractivity contribution is 5.72. The Balaban J connectivity index is 1.87. The van der Waals surface area contributed by atoms with Crippen LogP contribution in [0.1, 0.15) is 18.1 Å². The maximum absolute atomic E-state index is 10.5. The zero-order valence-electron chi connectivity index (χ0n) is 12.2. The Kier molecular flexibility index (Phi) is 8.62. The number of benzene rings is 1. The molecule has 20 heavy (non-hydrogen) atoms. The standard InChI is InChI=1S/C15H23NO4/c1-13-3-5-15(6-4-13)11-19-9-7-18-8-10-20-12-16-14(2)17/h3-6H,7-12H2,1-2H3,(H,16,17). The molecule has 0 saturated carbocycles. The van der Waals surface area contributed by atoms with Gasteiger partial charge in [-0.2, -0.15) is 0 Å².